The van der Waals surface area contributed by atoms with Crippen LogP contribution >= 0.6 is 0 Å². The Hall–Kier alpha value is -1.68. The molecule has 1 aliphatic rings. The van der Waals surface area contributed by atoms with E-state index in [9.17, 15) is 9.59 Å². The van der Waals surface area contributed by atoms with E-state index in [1.807, 2.05) is 42.2 Å². The summed E-state index contributed by atoms with van der Waals surface area (Å²) in [7, 11) is 0. The molecule has 1 atom stereocenters. The Labute approximate surface area is 113 Å². The molecule has 0 aromatic heterocycles. The normalized spacial score (nSPS) is 23.4. The first-order chi connectivity index (χ1) is 8.99. The van der Waals surface area contributed by atoms with Crippen LogP contribution in [0.5, 0.6) is 0 Å². The van der Waals surface area contributed by atoms with Crippen LogP contribution in [-0.2, 0) is 16.0 Å². The van der Waals surface area contributed by atoms with Crippen molar-refractivity contribution in [3.8, 4) is 0 Å². The number of nitrogens with two attached hydrogens (primary N) is 1. The van der Waals surface area contributed by atoms with Crippen LogP contribution in [-0.4, -0.2) is 36.2 Å². The molecule has 1 aromatic carbocycles. The van der Waals surface area contributed by atoms with Gasteiger partial charge in [-0.3, -0.25) is 14.5 Å². The Morgan fingerprint density at radius 3 is 2.58 bits per heavy atom. The van der Waals surface area contributed by atoms with Gasteiger partial charge in [-0.05, 0) is 25.5 Å². The highest BCUT2D eigenvalue weighted by atomic mass is 16.1. The third-order valence-electron chi connectivity index (χ3n) is 3.79. The second-order valence-corrected chi connectivity index (χ2v) is 5.59. The molecule has 102 valence electrons. The molecule has 1 aromatic rings. The summed E-state index contributed by atoms with van der Waals surface area (Å²) in [4.78, 5) is 25.4. The Morgan fingerprint density at radius 2 is 2.00 bits per heavy atom. The standard InChI is InChI=1S/C15H20N2O2/c1-15(14(16)19)7-8-17(11-15)10-13(18)9-12-5-3-2-4-6-12/h2-6H,7-11H2,1H3,(H2,16,19). The van der Waals surface area contributed by atoms with E-state index in [1.54, 1.807) is 0 Å². The highest BCUT2D eigenvalue weighted by molar-refractivity contribution is 5.84. The van der Waals surface area contributed by atoms with Crippen LogP contribution < -0.4 is 5.73 Å². The van der Waals surface area contributed by atoms with Gasteiger partial charge >= 0.3 is 0 Å². The zero-order chi connectivity index (χ0) is 13.9. The molecule has 19 heavy (non-hydrogen) atoms. The van der Waals surface area contributed by atoms with Crippen LogP contribution in [0.4, 0.5) is 0 Å². The first kappa shape index (κ1) is 13.7. The summed E-state index contributed by atoms with van der Waals surface area (Å²) in [5.74, 6) is -0.0922. The van der Waals surface area contributed by atoms with Crippen LogP contribution in [0, 0.1) is 5.41 Å². The third kappa shape index (κ3) is 3.41. The van der Waals surface area contributed by atoms with Gasteiger partial charge in [-0.25, -0.2) is 0 Å². The zero-order valence-electron chi connectivity index (χ0n) is 11.3. The number of benzene rings is 1. The average molecular weight is 260 g/mol. The molecule has 2 N–H and O–H groups in total. The minimum atomic E-state index is -0.479. The molecule has 1 heterocycles. The first-order valence-electron chi connectivity index (χ1n) is 6.57. The average Bonchev–Trinajstić information content (AvgIpc) is 2.73. The van der Waals surface area contributed by atoms with Gasteiger partial charge in [0.25, 0.3) is 0 Å². The van der Waals surface area contributed by atoms with Crippen molar-refractivity contribution < 1.29 is 9.59 Å². The Balaban J connectivity index is 1.86. The number of primary amides is 1. The van der Waals surface area contributed by atoms with E-state index >= 15 is 0 Å². The van der Waals surface area contributed by atoms with Gasteiger partial charge < -0.3 is 5.73 Å². The van der Waals surface area contributed by atoms with Gasteiger partial charge in [-0.2, -0.15) is 0 Å². The highest BCUT2D eigenvalue weighted by Gasteiger charge is 2.39. The molecule has 4 heteroatoms. The molecule has 1 aliphatic heterocycles. The smallest absolute Gasteiger partial charge is 0.224 e. The van der Waals surface area contributed by atoms with E-state index in [2.05, 4.69) is 0 Å². The topological polar surface area (TPSA) is 63.4 Å². The molecule has 1 saturated heterocycles. The summed E-state index contributed by atoms with van der Waals surface area (Å²) in [6.45, 7) is 3.62. The second-order valence-electron chi connectivity index (χ2n) is 5.59. The van der Waals surface area contributed by atoms with Crippen LogP contribution in [0.25, 0.3) is 0 Å². The fourth-order valence-corrected chi connectivity index (χ4v) is 2.52. The van der Waals surface area contributed by atoms with E-state index in [4.69, 9.17) is 5.73 Å². The van der Waals surface area contributed by atoms with Gasteiger partial charge in [0.2, 0.25) is 5.91 Å². The molecule has 1 fully saturated rings. The molecule has 4 nitrogen and oxygen atoms in total. The van der Waals surface area contributed by atoms with Gasteiger partial charge in [0.1, 0.15) is 0 Å². The Kier molecular flexibility index (Phi) is 4.00. The number of hydrogen-bond acceptors (Lipinski definition) is 3. The van der Waals surface area contributed by atoms with E-state index < -0.39 is 5.41 Å². The monoisotopic (exact) mass is 260 g/mol. The number of carbonyl (C=O) groups excluding carboxylic acids is 2. The van der Waals surface area contributed by atoms with Crippen LogP contribution in [0.3, 0.4) is 0 Å². The lowest BCUT2D eigenvalue weighted by molar-refractivity contribution is -0.126. The van der Waals surface area contributed by atoms with Crippen LogP contribution in [0.15, 0.2) is 30.3 Å². The summed E-state index contributed by atoms with van der Waals surface area (Å²) < 4.78 is 0. The van der Waals surface area contributed by atoms with Gasteiger partial charge in [0.15, 0.2) is 5.78 Å². The molecule has 1 unspecified atom stereocenters. The molecular weight excluding hydrogens is 240 g/mol. The fraction of sp³-hybridized carbons (Fsp3) is 0.467. The quantitative estimate of drug-likeness (QED) is 0.859. The summed E-state index contributed by atoms with van der Waals surface area (Å²) >= 11 is 0. The molecule has 0 radical (unpaired) electrons. The number of likely N-dealkylation sites (tertiary alicyclic amines) is 1. The number of ketones is 1. The lowest BCUT2D eigenvalue weighted by Gasteiger charge is -2.20. The molecule has 2 rings (SSSR count). The SMILES string of the molecule is CC1(C(N)=O)CCN(CC(=O)Cc2ccccc2)C1. The van der Waals surface area contributed by atoms with Crippen molar-refractivity contribution in [1.29, 1.82) is 0 Å². The number of amides is 1. The first-order valence-corrected chi connectivity index (χ1v) is 6.57. The van der Waals surface area contributed by atoms with E-state index in [0.29, 0.717) is 19.5 Å². The summed E-state index contributed by atoms with van der Waals surface area (Å²) in [6.07, 6.45) is 1.19. The number of Topliss-reactive ketones (excluding diaryl/α,β-unsaturated/α-hetero) is 1. The maximum absolute atomic E-state index is 12.0. The largest absolute Gasteiger partial charge is 0.369 e. The molecule has 0 spiro atoms. The van der Waals surface area contributed by atoms with Crippen LogP contribution in [0.1, 0.15) is 18.9 Å². The minimum absolute atomic E-state index is 0.180. The number of nitrogens with zero attached hydrogens (tertiary/aromatic N) is 1. The van der Waals surface area contributed by atoms with Gasteiger partial charge in [0, 0.05) is 13.0 Å². The van der Waals surface area contributed by atoms with Crippen molar-refractivity contribution in [2.75, 3.05) is 19.6 Å². The fourth-order valence-electron chi connectivity index (χ4n) is 2.52. The highest BCUT2D eigenvalue weighted by Crippen LogP contribution is 2.29. The van der Waals surface area contributed by atoms with Crippen LogP contribution in [0.2, 0.25) is 0 Å². The van der Waals surface area contributed by atoms with Crippen molar-refractivity contribution in [3.63, 3.8) is 0 Å². The number of carbonyl (C=O) groups is 2. The van der Waals surface area contributed by atoms with E-state index in [0.717, 1.165) is 18.5 Å². The lowest BCUT2D eigenvalue weighted by atomic mass is 9.89. The van der Waals surface area contributed by atoms with Gasteiger partial charge in [-0.15, -0.1) is 0 Å². The summed E-state index contributed by atoms with van der Waals surface area (Å²) in [6, 6.07) is 9.71. The zero-order valence-corrected chi connectivity index (χ0v) is 11.3. The molecule has 0 aliphatic carbocycles. The predicted molar refractivity (Wildman–Crippen MR) is 73.5 cm³/mol. The summed E-state index contributed by atoms with van der Waals surface area (Å²) in [5.41, 5.74) is 5.95. The Morgan fingerprint density at radius 1 is 1.32 bits per heavy atom. The van der Waals surface area contributed by atoms with E-state index in [-0.39, 0.29) is 11.7 Å². The predicted octanol–water partition coefficient (Wildman–Crippen LogP) is 0.995. The third-order valence-corrected chi connectivity index (χ3v) is 3.79. The number of rotatable bonds is 5. The molecule has 0 saturated carbocycles. The number of hydrogen-bond donors (Lipinski definition) is 1. The maximum atomic E-state index is 12.0. The molecule has 0 bridgehead atoms. The lowest BCUT2D eigenvalue weighted by Crippen LogP contribution is -2.38. The molecular formula is C15H20N2O2. The van der Waals surface area contributed by atoms with E-state index in [1.165, 1.54) is 0 Å². The van der Waals surface area contributed by atoms with Gasteiger partial charge in [-0.1, -0.05) is 30.3 Å². The van der Waals surface area contributed by atoms with Crippen molar-refractivity contribution in [2.45, 2.75) is 19.8 Å². The van der Waals surface area contributed by atoms with Crippen molar-refractivity contribution in [2.24, 2.45) is 11.1 Å². The molecule has 1 amide bonds. The maximum Gasteiger partial charge on any atom is 0.224 e. The van der Waals surface area contributed by atoms with Crippen molar-refractivity contribution in [1.82, 2.24) is 4.90 Å². The minimum Gasteiger partial charge on any atom is -0.369 e. The summed E-state index contributed by atoms with van der Waals surface area (Å²) in [5, 5.41) is 0. The van der Waals surface area contributed by atoms with Gasteiger partial charge in [0.05, 0.1) is 12.0 Å². The van der Waals surface area contributed by atoms with Crippen molar-refractivity contribution in [3.05, 3.63) is 35.9 Å². The second kappa shape index (κ2) is 5.53. The Bertz CT molecular complexity index is 472. The van der Waals surface area contributed by atoms with Crippen molar-refractivity contribution >= 4 is 11.7 Å².